The fraction of sp³-hybridized carbons (Fsp3) is 0.820. The lowest BCUT2D eigenvalue weighted by Crippen LogP contribution is -2.30. The SMILES string of the molecule is CCCCCC/C=C\C/C=C\CCCCCCCC(=O)OCC(COC(=O)CCCCCCCCC)OC(=O)CCCCCCC/C=C\CCCCCCCC. The Morgan fingerprint density at radius 1 is 0.357 bits per heavy atom. The molecule has 0 aromatic heterocycles. The number of hydrogen-bond acceptors (Lipinski definition) is 6. The molecule has 0 aromatic rings. The molecule has 0 heterocycles. The van der Waals surface area contributed by atoms with E-state index in [4.69, 9.17) is 14.2 Å². The molecule has 0 aliphatic rings. The van der Waals surface area contributed by atoms with Gasteiger partial charge < -0.3 is 14.2 Å². The molecule has 1 atom stereocenters. The maximum absolute atomic E-state index is 12.7. The zero-order chi connectivity index (χ0) is 40.8. The molecule has 0 saturated heterocycles. The number of ether oxygens (including phenoxy) is 3. The number of hydrogen-bond donors (Lipinski definition) is 0. The molecule has 1 unspecified atom stereocenters. The van der Waals surface area contributed by atoms with Crippen molar-refractivity contribution in [1.82, 2.24) is 0 Å². The van der Waals surface area contributed by atoms with Crippen molar-refractivity contribution < 1.29 is 28.6 Å². The van der Waals surface area contributed by atoms with E-state index in [9.17, 15) is 14.4 Å². The first-order valence-electron chi connectivity index (χ1n) is 24.0. The molecule has 0 N–H and O–H groups in total. The molecule has 6 nitrogen and oxygen atoms in total. The highest BCUT2D eigenvalue weighted by atomic mass is 16.6. The molecule has 0 bridgehead atoms. The van der Waals surface area contributed by atoms with Gasteiger partial charge in [0.25, 0.3) is 0 Å². The van der Waals surface area contributed by atoms with Crippen molar-refractivity contribution in [2.45, 2.75) is 252 Å². The first-order valence-corrected chi connectivity index (χ1v) is 24.0. The molecule has 0 aliphatic carbocycles. The number of rotatable bonds is 43. The third kappa shape index (κ3) is 42.8. The van der Waals surface area contributed by atoms with Gasteiger partial charge in [-0.15, -0.1) is 0 Å². The van der Waals surface area contributed by atoms with Gasteiger partial charge in [0.2, 0.25) is 0 Å². The van der Waals surface area contributed by atoms with Gasteiger partial charge in [-0.1, -0.05) is 186 Å². The number of esters is 3. The Bertz CT molecular complexity index is 953. The number of allylic oxidation sites excluding steroid dienone is 6. The zero-order valence-corrected chi connectivity index (χ0v) is 37.2. The van der Waals surface area contributed by atoms with Crippen LogP contribution in [0.3, 0.4) is 0 Å². The average molecular weight is 787 g/mol. The molecule has 56 heavy (non-hydrogen) atoms. The second-order valence-corrected chi connectivity index (χ2v) is 16.0. The van der Waals surface area contributed by atoms with Gasteiger partial charge in [-0.2, -0.15) is 0 Å². The molecule has 0 aliphatic heterocycles. The summed E-state index contributed by atoms with van der Waals surface area (Å²) in [5, 5.41) is 0. The molecule has 0 fully saturated rings. The molecule has 0 radical (unpaired) electrons. The first kappa shape index (κ1) is 53.6. The van der Waals surface area contributed by atoms with Gasteiger partial charge in [-0.25, -0.2) is 0 Å². The van der Waals surface area contributed by atoms with Gasteiger partial charge in [0.15, 0.2) is 6.10 Å². The van der Waals surface area contributed by atoms with Gasteiger partial charge in [0.05, 0.1) is 0 Å². The topological polar surface area (TPSA) is 78.9 Å². The second-order valence-electron chi connectivity index (χ2n) is 16.0. The quantitative estimate of drug-likeness (QED) is 0.0265. The largest absolute Gasteiger partial charge is 0.462 e. The summed E-state index contributed by atoms with van der Waals surface area (Å²) in [5.74, 6) is -0.904. The highest BCUT2D eigenvalue weighted by Gasteiger charge is 2.19. The standard InChI is InChI=1S/C50H90O6/c1-4-7-10-13-16-18-20-22-24-26-27-29-31-34-37-40-43-49(52)55-46-47(45-54-48(51)42-39-36-33-15-12-9-6-3)56-50(53)44-41-38-35-32-30-28-25-23-21-19-17-14-11-8-5-2/h18,20,23-26,47H,4-17,19,21-22,27-46H2,1-3H3/b20-18-,25-23-,26-24-. The molecule has 6 heteroatoms. The number of carbonyl (C=O) groups is 3. The Kier molecular flexibility index (Phi) is 43.4. The van der Waals surface area contributed by atoms with Crippen LogP contribution in [0.1, 0.15) is 245 Å². The van der Waals surface area contributed by atoms with Crippen LogP contribution in [-0.2, 0) is 28.6 Å². The Morgan fingerprint density at radius 2 is 0.643 bits per heavy atom. The molecular weight excluding hydrogens is 697 g/mol. The van der Waals surface area contributed by atoms with Crippen LogP contribution >= 0.6 is 0 Å². The Morgan fingerprint density at radius 3 is 1.02 bits per heavy atom. The van der Waals surface area contributed by atoms with Gasteiger partial charge in [0, 0.05) is 19.3 Å². The fourth-order valence-electron chi connectivity index (χ4n) is 6.70. The second kappa shape index (κ2) is 45.3. The van der Waals surface area contributed by atoms with Crippen LogP contribution in [0.25, 0.3) is 0 Å². The van der Waals surface area contributed by atoms with Crippen LogP contribution < -0.4 is 0 Å². The van der Waals surface area contributed by atoms with Crippen molar-refractivity contribution in [2.24, 2.45) is 0 Å². The lowest BCUT2D eigenvalue weighted by Gasteiger charge is -2.18. The van der Waals surface area contributed by atoms with Crippen molar-refractivity contribution >= 4 is 17.9 Å². The summed E-state index contributed by atoms with van der Waals surface area (Å²) < 4.78 is 16.7. The molecule has 0 amide bonds. The monoisotopic (exact) mass is 787 g/mol. The highest BCUT2D eigenvalue weighted by molar-refractivity contribution is 5.71. The van der Waals surface area contributed by atoms with Gasteiger partial charge in [-0.3, -0.25) is 14.4 Å². The lowest BCUT2D eigenvalue weighted by molar-refractivity contribution is -0.167. The minimum Gasteiger partial charge on any atom is -0.462 e. The summed E-state index contributed by atoms with van der Waals surface area (Å²) in [5.41, 5.74) is 0. The molecule has 0 rings (SSSR count). The lowest BCUT2D eigenvalue weighted by atomic mass is 10.1. The normalized spacial score (nSPS) is 12.3. The minimum atomic E-state index is -0.776. The predicted octanol–water partition coefficient (Wildman–Crippen LogP) is 15.4. The van der Waals surface area contributed by atoms with E-state index in [2.05, 4.69) is 57.2 Å². The van der Waals surface area contributed by atoms with Crippen LogP contribution in [0.2, 0.25) is 0 Å². The summed E-state index contributed by atoms with van der Waals surface area (Å²) >= 11 is 0. The van der Waals surface area contributed by atoms with Gasteiger partial charge >= 0.3 is 17.9 Å². The van der Waals surface area contributed by atoms with E-state index in [1.165, 1.54) is 122 Å². The molecule has 0 aromatic carbocycles. The Labute approximate surface area is 346 Å². The Hall–Kier alpha value is -2.37. The number of carbonyl (C=O) groups excluding carboxylic acids is 3. The third-order valence-corrected chi connectivity index (χ3v) is 10.4. The first-order chi connectivity index (χ1) is 27.5. The summed E-state index contributed by atoms with van der Waals surface area (Å²) in [6.07, 6.45) is 51.3. The predicted molar refractivity (Wildman–Crippen MR) is 238 cm³/mol. The van der Waals surface area contributed by atoms with E-state index >= 15 is 0 Å². The average Bonchev–Trinajstić information content (AvgIpc) is 3.19. The number of unbranched alkanes of at least 4 members (excludes halogenated alkanes) is 26. The summed E-state index contributed by atoms with van der Waals surface area (Å²) in [6.45, 7) is 6.56. The van der Waals surface area contributed by atoms with E-state index in [1.54, 1.807) is 0 Å². The summed E-state index contributed by atoms with van der Waals surface area (Å²) in [6, 6.07) is 0. The molecule has 0 saturated carbocycles. The van der Waals surface area contributed by atoms with Crippen molar-refractivity contribution in [3.8, 4) is 0 Å². The smallest absolute Gasteiger partial charge is 0.306 e. The molecular formula is C50H90O6. The van der Waals surface area contributed by atoms with Gasteiger partial charge in [-0.05, 0) is 77.0 Å². The summed E-state index contributed by atoms with van der Waals surface area (Å²) in [4.78, 5) is 37.7. The van der Waals surface area contributed by atoms with Crippen LogP contribution in [0, 0.1) is 0 Å². The van der Waals surface area contributed by atoms with E-state index in [0.29, 0.717) is 19.3 Å². The van der Waals surface area contributed by atoms with Crippen LogP contribution in [-0.4, -0.2) is 37.2 Å². The van der Waals surface area contributed by atoms with Crippen LogP contribution in [0.15, 0.2) is 36.5 Å². The maximum atomic E-state index is 12.7. The van der Waals surface area contributed by atoms with E-state index in [1.807, 2.05) is 0 Å². The molecule has 326 valence electrons. The van der Waals surface area contributed by atoms with Crippen LogP contribution in [0.5, 0.6) is 0 Å². The van der Waals surface area contributed by atoms with E-state index in [0.717, 1.165) is 83.5 Å². The zero-order valence-electron chi connectivity index (χ0n) is 37.2. The van der Waals surface area contributed by atoms with E-state index < -0.39 is 6.10 Å². The third-order valence-electron chi connectivity index (χ3n) is 10.4. The van der Waals surface area contributed by atoms with Crippen molar-refractivity contribution in [3.63, 3.8) is 0 Å². The fourth-order valence-corrected chi connectivity index (χ4v) is 6.70. The Balaban J connectivity index is 4.32. The van der Waals surface area contributed by atoms with Crippen molar-refractivity contribution in [1.29, 1.82) is 0 Å². The minimum absolute atomic E-state index is 0.0789. The summed E-state index contributed by atoms with van der Waals surface area (Å²) in [7, 11) is 0. The maximum Gasteiger partial charge on any atom is 0.306 e. The van der Waals surface area contributed by atoms with Crippen molar-refractivity contribution in [2.75, 3.05) is 13.2 Å². The molecule has 0 spiro atoms. The van der Waals surface area contributed by atoms with Gasteiger partial charge in [0.1, 0.15) is 13.2 Å². The highest BCUT2D eigenvalue weighted by Crippen LogP contribution is 2.14. The van der Waals surface area contributed by atoms with E-state index in [-0.39, 0.29) is 31.1 Å². The van der Waals surface area contributed by atoms with Crippen LogP contribution in [0.4, 0.5) is 0 Å². The van der Waals surface area contributed by atoms with Crippen molar-refractivity contribution in [3.05, 3.63) is 36.5 Å².